The molecule has 11 heteroatoms. The van der Waals surface area contributed by atoms with Crippen LogP contribution in [0.5, 0.6) is 5.75 Å². The summed E-state index contributed by atoms with van der Waals surface area (Å²) in [6.45, 7) is 1.25. The summed E-state index contributed by atoms with van der Waals surface area (Å²) < 4.78 is 23.6. The average molecular weight is 546 g/mol. The lowest BCUT2D eigenvalue weighted by atomic mass is 9.92. The zero-order valence-corrected chi connectivity index (χ0v) is 23.0. The van der Waals surface area contributed by atoms with Crippen molar-refractivity contribution in [2.75, 3.05) is 46.7 Å². The van der Waals surface area contributed by atoms with Crippen molar-refractivity contribution in [3.05, 3.63) is 65.9 Å². The Morgan fingerprint density at radius 2 is 2.00 bits per heavy atom. The largest absolute Gasteiger partial charge is 0.496 e. The summed E-state index contributed by atoms with van der Waals surface area (Å²) in [6.07, 6.45) is 6.13. The number of hydrogen-bond donors (Lipinski definition) is 2. The van der Waals surface area contributed by atoms with E-state index in [1.807, 2.05) is 31.3 Å². The second-order valence-corrected chi connectivity index (χ2v) is 9.87. The third-order valence-corrected chi connectivity index (χ3v) is 7.15. The molecule has 0 spiro atoms. The summed E-state index contributed by atoms with van der Waals surface area (Å²) >= 11 is 0. The van der Waals surface area contributed by atoms with Gasteiger partial charge in [0.2, 0.25) is 5.91 Å². The van der Waals surface area contributed by atoms with Gasteiger partial charge in [0.25, 0.3) is 5.91 Å². The summed E-state index contributed by atoms with van der Waals surface area (Å²) in [7, 11) is 6.71. The number of ether oxygens (including phenoxy) is 1. The molecule has 4 aromatic rings. The predicted molar refractivity (Wildman–Crippen MR) is 152 cm³/mol. The van der Waals surface area contributed by atoms with Gasteiger partial charge < -0.3 is 24.8 Å². The molecule has 2 amide bonds. The van der Waals surface area contributed by atoms with Crippen molar-refractivity contribution in [1.82, 2.24) is 29.8 Å². The number of methoxy groups -OCH3 is 1. The molecule has 0 saturated heterocycles. The van der Waals surface area contributed by atoms with Crippen LogP contribution in [0.2, 0.25) is 0 Å². The first kappa shape index (κ1) is 26.9. The first-order chi connectivity index (χ1) is 19.3. The molecule has 208 valence electrons. The molecule has 5 rings (SSSR count). The van der Waals surface area contributed by atoms with Crippen LogP contribution in [0.3, 0.4) is 0 Å². The SMILES string of the molecule is CNc1ccc(-c2cc(C3=CCCN(C(=O)CCn4ccnn4)C3)c(F)c3[nH]c(C(=O)N(C)C)cc23)c(OC)c1. The Labute approximate surface area is 231 Å². The van der Waals surface area contributed by atoms with Crippen molar-refractivity contribution in [2.24, 2.45) is 0 Å². The van der Waals surface area contributed by atoms with Crippen molar-refractivity contribution in [1.29, 1.82) is 0 Å². The van der Waals surface area contributed by atoms with Crippen molar-refractivity contribution in [3.63, 3.8) is 0 Å². The van der Waals surface area contributed by atoms with Gasteiger partial charge in [-0.25, -0.2) is 4.39 Å². The standard InChI is InChI=1S/C29H32FN7O3/c1-31-19-7-8-20(25(14-19)40-4)22-15-21(27(30)28-23(22)16-24(33-28)29(39)35(2)3)18-6-5-11-36(17-18)26(38)9-12-37-13-10-32-34-37/h6-8,10,13-16,31,33H,5,9,11-12,17H2,1-4H3. The number of nitrogens with zero attached hydrogens (tertiary/aromatic N) is 5. The summed E-state index contributed by atoms with van der Waals surface area (Å²) in [4.78, 5) is 32.0. The predicted octanol–water partition coefficient (Wildman–Crippen LogP) is 4.02. The van der Waals surface area contributed by atoms with Crippen LogP contribution < -0.4 is 10.1 Å². The first-order valence-electron chi connectivity index (χ1n) is 13.0. The van der Waals surface area contributed by atoms with Gasteiger partial charge in [-0.1, -0.05) is 11.3 Å². The maximum absolute atomic E-state index is 16.2. The molecule has 0 fully saturated rings. The van der Waals surface area contributed by atoms with E-state index in [9.17, 15) is 9.59 Å². The topological polar surface area (TPSA) is 108 Å². The first-order valence-corrected chi connectivity index (χ1v) is 13.0. The van der Waals surface area contributed by atoms with E-state index in [-0.39, 0.29) is 36.0 Å². The zero-order valence-electron chi connectivity index (χ0n) is 23.0. The molecule has 40 heavy (non-hydrogen) atoms. The van der Waals surface area contributed by atoms with Gasteiger partial charge in [-0.2, -0.15) is 0 Å². The third kappa shape index (κ3) is 5.14. The number of H-pyrrole nitrogens is 1. The minimum Gasteiger partial charge on any atom is -0.496 e. The number of fused-ring (bicyclic) bond motifs is 1. The number of amides is 2. The van der Waals surface area contributed by atoms with Gasteiger partial charge in [0.05, 0.1) is 25.4 Å². The van der Waals surface area contributed by atoms with Gasteiger partial charge in [0.1, 0.15) is 11.4 Å². The average Bonchev–Trinajstić information content (AvgIpc) is 3.66. The number of rotatable bonds is 8. The van der Waals surface area contributed by atoms with Crippen molar-refractivity contribution in [2.45, 2.75) is 19.4 Å². The fourth-order valence-corrected chi connectivity index (χ4v) is 5.01. The van der Waals surface area contributed by atoms with Gasteiger partial charge >= 0.3 is 0 Å². The Morgan fingerprint density at radius 1 is 1.18 bits per heavy atom. The number of carbonyl (C=O) groups is 2. The van der Waals surface area contributed by atoms with Crippen molar-refractivity contribution < 1.29 is 18.7 Å². The van der Waals surface area contributed by atoms with E-state index in [1.165, 1.54) is 4.90 Å². The molecule has 1 aliphatic heterocycles. The lowest BCUT2D eigenvalue weighted by molar-refractivity contribution is -0.131. The normalized spacial score (nSPS) is 13.3. The molecule has 2 aromatic carbocycles. The molecule has 3 heterocycles. The second-order valence-electron chi connectivity index (χ2n) is 9.87. The minimum absolute atomic E-state index is 0.0362. The van der Waals surface area contributed by atoms with E-state index in [4.69, 9.17) is 4.74 Å². The van der Waals surface area contributed by atoms with Crippen LogP contribution >= 0.6 is 0 Å². The number of benzene rings is 2. The van der Waals surface area contributed by atoms with E-state index < -0.39 is 5.82 Å². The van der Waals surface area contributed by atoms with E-state index >= 15 is 4.39 Å². The van der Waals surface area contributed by atoms with Crippen LogP contribution in [-0.2, 0) is 11.3 Å². The lowest BCUT2D eigenvalue weighted by Crippen LogP contribution is -2.36. The fourth-order valence-electron chi connectivity index (χ4n) is 5.01. The van der Waals surface area contributed by atoms with Gasteiger partial charge in [0.15, 0.2) is 5.82 Å². The molecule has 0 saturated carbocycles. The number of aromatic amines is 1. The van der Waals surface area contributed by atoms with Crippen LogP contribution in [0.25, 0.3) is 27.6 Å². The molecular weight excluding hydrogens is 513 g/mol. The molecule has 0 atom stereocenters. The number of anilines is 1. The summed E-state index contributed by atoms with van der Waals surface area (Å²) in [5.41, 5.74) is 3.94. The van der Waals surface area contributed by atoms with Crippen molar-refractivity contribution in [3.8, 4) is 16.9 Å². The molecule has 2 aromatic heterocycles. The van der Waals surface area contributed by atoms with Gasteiger partial charge in [-0.05, 0) is 41.8 Å². The molecule has 0 aliphatic carbocycles. The highest BCUT2D eigenvalue weighted by Gasteiger charge is 2.25. The highest BCUT2D eigenvalue weighted by atomic mass is 19.1. The van der Waals surface area contributed by atoms with Gasteiger partial charge in [-0.15, -0.1) is 5.10 Å². The number of halogens is 1. The second kappa shape index (κ2) is 11.2. The molecule has 10 nitrogen and oxygen atoms in total. The van der Waals surface area contributed by atoms with Gasteiger partial charge in [-0.3, -0.25) is 14.3 Å². The molecule has 2 N–H and O–H groups in total. The lowest BCUT2D eigenvalue weighted by Gasteiger charge is -2.28. The number of carbonyl (C=O) groups excluding carboxylic acids is 2. The Bertz CT molecular complexity index is 1590. The van der Waals surface area contributed by atoms with E-state index in [0.29, 0.717) is 41.8 Å². The molecule has 0 radical (unpaired) electrons. The van der Waals surface area contributed by atoms with Crippen LogP contribution in [0.4, 0.5) is 10.1 Å². The summed E-state index contributed by atoms with van der Waals surface area (Å²) in [5.74, 6) is -0.159. The molecular formula is C29H32FN7O3. The quantitative estimate of drug-likeness (QED) is 0.346. The summed E-state index contributed by atoms with van der Waals surface area (Å²) in [5, 5.41) is 11.4. The third-order valence-electron chi connectivity index (χ3n) is 7.15. The van der Waals surface area contributed by atoms with Crippen LogP contribution in [0.1, 0.15) is 28.9 Å². The van der Waals surface area contributed by atoms with E-state index in [1.54, 1.807) is 55.3 Å². The zero-order chi connectivity index (χ0) is 28.4. The van der Waals surface area contributed by atoms with Crippen LogP contribution in [0, 0.1) is 5.82 Å². The Morgan fingerprint density at radius 3 is 2.70 bits per heavy atom. The highest BCUT2D eigenvalue weighted by molar-refractivity contribution is 6.05. The van der Waals surface area contributed by atoms with Crippen LogP contribution in [-0.4, -0.2) is 82.9 Å². The Hall–Kier alpha value is -4.67. The van der Waals surface area contributed by atoms with Crippen molar-refractivity contribution >= 4 is 34.0 Å². The molecule has 0 bridgehead atoms. The minimum atomic E-state index is -0.467. The fraction of sp³-hybridized carbons (Fsp3) is 0.310. The maximum atomic E-state index is 16.2. The molecule has 1 aliphatic rings. The number of aromatic nitrogens is 4. The smallest absolute Gasteiger partial charge is 0.269 e. The Kier molecular flexibility index (Phi) is 7.54. The summed E-state index contributed by atoms with van der Waals surface area (Å²) in [6, 6.07) is 9.18. The van der Waals surface area contributed by atoms with Gasteiger partial charge in [0, 0.05) is 75.1 Å². The van der Waals surface area contributed by atoms with Crippen LogP contribution in [0.15, 0.2) is 48.8 Å². The Balaban J connectivity index is 1.57. The monoisotopic (exact) mass is 545 g/mol. The number of nitrogens with one attached hydrogen (secondary N) is 2. The number of hydrogen-bond acceptors (Lipinski definition) is 6. The highest BCUT2D eigenvalue weighted by Crippen LogP contribution is 2.41. The van der Waals surface area contributed by atoms with E-state index in [0.717, 1.165) is 16.8 Å². The van der Waals surface area contributed by atoms with E-state index in [2.05, 4.69) is 20.6 Å². The maximum Gasteiger partial charge on any atom is 0.269 e. The molecule has 0 unspecified atom stereocenters. The number of aryl methyl sites for hydroxylation is 1.